The number of nitrogens with zero attached hydrogens (tertiary/aromatic N) is 2. The van der Waals surface area contributed by atoms with E-state index in [0.29, 0.717) is 17.1 Å². The van der Waals surface area contributed by atoms with Crippen LogP contribution in [-0.2, 0) is 4.79 Å². The van der Waals surface area contributed by atoms with Crippen molar-refractivity contribution in [2.75, 3.05) is 12.4 Å². The molecular formula is C24H20FN3O4. The summed E-state index contributed by atoms with van der Waals surface area (Å²) in [5, 5.41) is 6.82. The standard InChI is InChI=1S/C24H20FN3O4/c1-15(31-21-10-6-4-8-19(21)25)23(29)26-20-9-5-3-7-18(20)24-27-22(28-32-24)16-11-13-17(30-2)14-12-16/h3-15H,1-2H3,(H,26,29)/t15-/m0/s1. The predicted octanol–water partition coefficient (Wildman–Crippen LogP) is 4.96. The van der Waals surface area contributed by atoms with Gasteiger partial charge in [0, 0.05) is 5.56 Å². The summed E-state index contributed by atoms with van der Waals surface area (Å²) in [4.78, 5) is 17.1. The van der Waals surface area contributed by atoms with E-state index in [2.05, 4.69) is 15.5 Å². The Hall–Kier alpha value is -4.20. The van der Waals surface area contributed by atoms with Gasteiger partial charge in [-0.1, -0.05) is 29.4 Å². The normalized spacial score (nSPS) is 11.6. The molecule has 0 aliphatic carbocycles. The van der Waals surface area contributed by atoms with E-state index in [1.54, 1.807) is 62.6 Å². The molecule has 1 heterocycles. The molecule has 1 aromatic heterocycles. The van der Waals surface area contributed by atoms with Gasteiger partial charge in [-0.25, -0.2) is 4.39 Å². The maximum Gasteiger partial charge on any atom is 0.265 e. The molecule has 0 unspecified atom stereocenters. The number of anilines is 1. The van der Waals surface area contributed by atoms with Crippen LogP contribution in [0.2, 0.25) is 0 Å². The lowest BCUT2D eigenvalue weighted by Gasteiger charge is -2.16. The summed E-state index contributed by atoms with van der Waals surface area (Å²) < 4.78 is 29.9. The lowest BCUT2D eigenvalue weighted by molar-refractivity contribution is -0.122. The minimum Gasteiger partial charge on any atom is -0.497 e. The number of hydrogen-bond acceptors (Lipinski definition) is 6. The smallest absolute Gasteiger partial charge is 0.265 e. The number of benzene rings is 3. The van der Waals surface area contributed by atoms with E-state index >= 15 is 0 Å². The summed E-state index contributed by atoms with van der Waals surface area (Å²) in [6.07, 6.45) is -0.933. The number of amides is 1. The van der Waals surface area contributed by atoms with Gasteiger partial charge in [0.2, 0.25) is 5.82 Å². The van der Waals surface area contributed by atoms with Crippen LogP contribution in [0.5, 0.6) is 11.5 Å². The lowest BCUT2D eigenvalue weighted by Crippen LogP contribution is -2.30. The molecule has 4 aromatic rings. The number of halogens is 1. The quantitative estimate of drug-likeness (QED) is 0.443. The second kappa shape index (κ2) is 9.30. The van der Waals surface area contributed by atoms with Gasteiger partial charge in [-0.15, -0.1) is 0 Å². The van der Waals surface area contributed by atoms with Crippen LogP contribution in [0.25, 0.3) is 22.8 Å². The molecule has 8 heteroatoms. The summed E-state index contributed by atoms with van der Waals surface area (Å²) in [5.41, 5.74) is 1.77. The minimum absolute atomic E-state index is 0.00414. The molecule has 0 bridgehead atoms. The summed E-state index contributed by atoms with van der Waals surface area (Å²) >= 11 is 0. The third-order valence-electron chi connectivity index (χ3n) is 4.70. The SMILES string of the molecule is COc1ccc(-c2noc(-c3ccccc3NC(=O)[C@H](C)Oc3ccccc3F)n2)cc1. The molecule has 4 rings (SSSR count). The van der Waals surface area contributed by atoms with Crippen molar-refractivity contribution in [3.63, 3.8) is 0 Å². The number of carbonyl (C=O) groups excluding carboxylic acids is 1. The molecule has 3 aromatic carbocycles. The van der Waals surface area contributed by atoms with Crippen LogP contribution < -0.4 is 14.8 Å². The molecule has 0 fully saturated rings. The highest BCUT2D eigenvalue weighted by Crippen LogP contribution is 2.29. The van der Waals surface area contributed by atoms with Crippen LogP contribution >= 0.6 is 0 Å². The molecular weight excluding hydrogens is 413 g/mol. The zero-order valence-electron chi connectivity index (χ0n) is 17.4. The van der Waals surface area contributed by atoms with Gasteiger partial charge in [-0.2, -0.15) is 4.98 Å². The second-order valence-electron chi connectivity index (χ2n) is 6.88. The van der Waals surface area contributed by atoms with Gasteiger partial charge in [-0.05, 0) is 55.5 Å². The van der Waals surface area contributed by atoms with E-state index in [0.717, 1.165) is 11.3 Å². The Morgan fingerprint density at radius 3 is 2.50 bits per heavy atom. The third-order valence-corrected chi connectivity index (χ3v) is 4.70. The number of hydrogen-bond donors (Lipinski definition) is 1. The molecule has 1 N–H and O–H groups in total. The molecule has 0 aliphatic rings. The van der Waals surface area contributed by atoms with Gasteiger partial charge in [0.05, 0.1) is 18.4 Å². The first-order valence-electron chi connectivity index (χ1n) is 9.84. The van der Waals surface area contributed by atoms with Crippen LogP contribution in [0.15, 0.2) is 77.3 Å². The maximum atomic E-state index is 13.8. The summed E-state index contributed by atoms with van der Waals surface area (Å²) in [6, 6.07) is 20.2. The topological polar surface area (TPSA) is 86.5 Å². The van der Waals surface area contributed by atoms with Gasteiger partial charge < -0.3 is 19.3 Å². The fraction of sp³-hybridized carbons (Fsp3) is 0.125. The number of para-hydroxylation sites is 2. The van der Waals surface area contributed by atoms with E-state index in [-0.39, 0.29) is 11.6 Å². The Morgan fingerprint density at radius 2 is 1.75 bits per heavy atom. The van der Waals surface area contributed by atoms with Crippen LogP contribution in [0, 0.1) is 5.82 Å². The summed E-state index contributed by atoms with van der Waals surface area (Å²) in [5.74, 6) is 0.385. The average Bonchev–Trinajstić information content (AvgIpc) is 3.31. The zero-order chi connectivity index (χ0) is 22.5. The Morgan fingerprint density at radius 1 is 1.03 bits per heavy atom. The number of ether oxygens (including phenoxy) is 2. The Bertz CT molecular complexity index is 1220. The molecule has 0 saturated heterocycles. The molecule has 0 spiro atoms. The van der Waals surface area contributed by atoms with Crippen LogP contribution in [0.3, 0.4) is 0 Å². The highest BCUT2D eigenvalue weighted by Gasteiger charge is 2.20. The molecule has 7 nitrogen and oxygen atoms in total. The third kappa shape index (κ3) is 4.59. The number of carbonyl (C=O) groups is 1. The predicted molar refractivity (Wildman–Crippen MR) is 117 cm³/mol. The first kappa shape index (κ1) is 21.0. The number of aromatic nitrogens is 2. The number of methoxy groups -OCH3 is 1. The van der Waals surface area contributed by atoms with Crippen molar-refractivity contribution in [3.8, 4) is 34.3 Å². The fourth-order valence-corrected chi connectivity index (χ4v) is 2.99. The molecule has 0 saturated carbocycles. The van der Waals surface area contributed by atoms with E-state index in [4.69, 9.17) is 14.0 Å². The number of rotatable bonds is 7. The van der Waals surface area contributed by atoms with E-state index < -0.39 is 17.8 Å². The van der Waals surface area contributed by atoms with Gasteiger partial charge in [0.1, 0.15) is 5.75 Å². The number of nitrogens with one attached hydrogen (secondary N) is 1. The van der Waals surface area contributed by atoms with Crippen LogP contribution in [0.1, 0.15) is 6.92 Å². The first-order valence-corrected chi connectivity index (χ1v) is 9.84. The van der Waals surface area contributed by atoms with E-state index in [1.165, 1.54) is 12.1 Å². The highest BCUT2D eigenvalue weighted by atomic mass is 19.1. The molecule has 0 radical (unpaired) electrons. The first-order chi connectivity index (χ1) is 15.5. The van der Waals surface area contributed by atoms with Crippen molar-refractivity contribution < 1.29 is 23.2 Å². The van der Waals surface area contributed by atoms with Crippen molar-refractivity contribution in [2.45, 2.75) is 13.0 Å². The van der Waals surface area contributed by atoms with Gasteiger partial charge in [0.25, 0.3) is 11.8 Å². The van der Waals surface area contributed by atoms with Crippen LogP contribution in [0.4, 0.5) is 10.1 Å². The van der Waals surface area contributed by atoms with Gasteiger partial charge >= 0.3 is 0 Å². The minimum atomic E-state index is -0.933. The highest BCUT2D eigenvalue weighted by molar-refractivity contribution is 5.97. The zero-order valence-corrected chi connectivity index (χ0v) is 17.4. The Labute approximate surface area is 183 Å². The fourth-order valence-electron chi connectivity index (χ4n) is 2.99. The maximum absolute atomic E-state index is 13.8. The van der Waals surface area contributed by atoms with Crippen molar-refractivity contribution in [3.05, 3.63) is 78.6 Å². The largest absolute Gasteiger partial charge is 0.497 e. The molecule has 1 atom stereocenters. The average molecular weight is 433 g/mol. The van der Waals surface area contributed by atoms with Crippen molar-refractivity contribution in [2.24, 2.45) is 0 Å². The van der Waals surface area contributed by atoms with Crippen molar-refractivity contribution in [1.29, 1.82) is 0 Å². The Kier molecular flexibility index (Phi) is 6.12. The molecule has 0 aliphatic heterocycles. The Balaban J connectivity index is 1.52. The summed E-state index contributed by atoms with van der Waals surface area (Å²) in [6.45, 7) is 1.54. The lowest BCUT2D eigenvalue weighted by atomic mass is 10.1. The molecule has 162 valence electrons. The van der Waals surface area contributed by atoms with E-state index in [9.17, 15) is 9.18 Å². The molecule has 32 heavy (non-hydrogen) atoms. The van der Waals surface area contributed by atoms with Gasteiger partial charge in [0.15, 0.2) is 17.7 Å². The van der Waals surface area contributed by atoms with Crippen molar-refractivity contribution >= 4 is 11.6 Å². The van der Waals surface area contributed by atoms with Crippen LogP contribution in [-0.4, -0.2) is 29.3 Å². The van der Waals surface area contributed by atoms with Gasteiger partial charge in [-0.3, -0.25) is 4.79 Å². The molecule has 1 amide bonds. The summed E-state index contributed by atoms with van der Waals surface area (Å²) in [7, 11) is 1.59. The van der Waals surface area contributed by atoms with E-state index in [1.807, 2.05) is 12.1 Å². The monoisotopic (exact) mass is 433 g/mol. The van der Waals surface area contributed by atoms with Crippen molar-refractivity contribution in [1.82, 2.24) is 10.1 Å². The second-order valence-corrected chi connectivity index (χ2v) is 6.88.